The van der Waals surface area contributed by atoms with Crippen molar-refractivity contribution in [1.82, 2.24) is 0 Å². The number of halogens is 2. The molecule has 0 unspecified atom stereocenters. The van der Waals surface area contributed by atoms with E-state index in [9.17, 15) is 4.79 Å². The lowest BCUT2D eigenvalue weighted by atomic mass is 10.1. The molecule has 0 aliphatic carbocycles. The highest BCUT2D eigenvalue weighted by molar-refractivity contribution is 6.31. The smallest absolute Gasteiger partial charge is 0.228 e. The lowest BCUT2D eigenvalue weighted by Gasteiger charge is -2.07. The molecule has 0 radical (unpaired) electrons. The van der Waals surface area contributed by atoms with Gasteiger partial charge in [0.15, 0.2) is 0 Å². The van der Waals surface area contributed by atoms with Gasteiger partial charge in [-0.1, -0.05) is 41.4 Å². The number of aryl methyl sites for hydroxylation is 1. The summed E-state index contributed by atoms with van der Waals surface area (Å²) in [5.41, 5.74) is 2.60. The van der Waals surface area contributed by atoms with Crippen LogP contribution in [0, 0.1) is 6.92 Å². The lowest BCUT2D eigenvalue weighted by molar-refractivity contribution is -0.115. The van der Waals surface area contributed by atoms with E-state index in [-0.39, 0.29) is 5.91 Å². The molecule has 19 heavy (non-hydrogen) atoms. The highest BCUT2D eigenvalue weighted by Crippen LogP contribution is 2.20. The number of amides is 1. The summed E-state index contributed by atoms with van der Waals surface area (Å²) < 4.78 is 0. The van der Waals surface area contributed by atoms with E-state index in [4.69, 9.17) is 23.2 Å². The molecule has 2 aromatic rings. The van der Waals surface area contributed by atoms with Crippen LogP contribution in [0.1, 0.15) is 11.1 Å². The van der Waals surface area contributed by atoms with Crippen molar-refractivity contribution >= 4 is 34.8 Å². The Hall–Kier alpha value is -1.51. The number of hydrogen-bond acceptors (Lipinski definition) is 1. The van der Waals surface area contributed by atoms with E-state index < -0.39 is 0 Å². The van der Waals surface area contributed by atoms with Crippen LogP contribution >= 0.6 is 23.2 Å². The molecule has 0 saturated heterocycles. The summed E-state index contributed by atoms with van der Waals surface area (Å²) in [5, 5.41) is 4.12. The molecule has 1 N–H and O–H groups in total. The fourth-order valence-electron chi connectivity index (χ4n) is 1.66. The Morgan fingerprint density at radius 2 is 1.79 bits per heavy atom. The standard InChI is InChI=1S/C15H13Cl2NO/c1-10-2-7-13(9-14(10)17)18-15(19)8-11-3-5-12(16)6-4-11/h2-7,9H,8H2,1H3,(H,18,19). The fraction of sp³-hybridized carbons (Fsp3) is 0.133. The molecule has 0 bridgehead atoms. The lowest BCUT2D eigenvalue weighted by Crippen LogP contribution is -2.14. The van der Waals surface area contributed by atoms with Gasteiger partial charge in [-0.25, -0.2) is 0 Å². The Balaban J connectivity index is 2.01. The van der Waals surface area contributed by atoms with Crippen LogP contribution in [0.15, 0.2) is 42.5 Å². The van der Waals surface area contributed by atoms with Gasteiger partial charge in [-0.05, 0) is 42.3 Å². The fourth-order valence-corrected chi connectivity index (χ4v) is 1.97. The molecule has 98 valence electrons. The topological polar surface area (TPSA) is 29.1 Å². The van der Waals surface area contributed by atoms with Crippen LogP contribution in [0.5, 0.6) is 0 Å². The molecular weight excluding hydrogens is 281 g/mol. The number of nitrogens with one attached hydrogen (secondary N) is 1. The van der Waals surface area contributed by atoms with E-state index in [1.165, 1.54) is 0 Å². The van der Waals surface area contributed by atoms with Gasteiger partial charge in [0.2, 0.25) is 5.91 Å². The van der Waals surface area contributed by atoms with Crippen molar-refractivity contribution in [2.45, 2.75) is 13.3 Å². The summed E-state index contributed by atoms with van der Waals surface area (Å²) in [5.74, 6) is -0.0813. The number of hydrogen-bond donors (Lipinski definition) is 1. The second-order valence-corrected chi connectivity index (χ2v) is 5.16. The van der Waals surface area contributed by atoms with Crippen molar-refractivity contribution in [3.05, 3.63) is 63.6 Å². The quantitative estimate of drug-likeness (QED) is 0.888. The summed E-state index contributed by atoms with van der Waals surface area (Å²) in [4.78, 5) is 11.9. The van der Waals surface area contributed by atoms with Gasteiger partial charge in [-0.15, -0.1) is 0 Å². The third-order valence-electron chi connectivity index (χ3n) is 2.73. The normalized spacial score (nSPS) is 10.3. The van der Waals surface area contributed by atoms with Crippen LogP contribution in [0.3, 0.4) is 0 Å². The van der Waals surface area contributed by atoms with Crippen LogP contribution in [0.2, 0.25) is 10.0 Å². The van der Waals surface area contributed by atoms with Crippen LogP contribution in [0.4, 0.5) is 5.69 Å². The molecule has 0 spiro atoms. The van der Waals surface area contributed by atoms with Crippen molar-refractivity contribution in [3.8, 4) is 0 Å². The van der Waals surface area contributed by atoms with Gasteiger partial charge in [-0.3, -0.25) is 4.79 Å². The second kappa shape index (κ2) is 6.09. The van der Waals surface area contributed by atoms with Crippen LogP contribution in [-0.4, -0.2) is 5.91 Å². The average molecular weight is 294 g/mol. The second-order valence-electron chi connectivity index (χ2n) is 4.32. The van der Waals surface area contributed by atoms with Crippen molar-refractivity contribution in [2.24, 2.45) is 0 Å². The molecule has 2 nitrogen and oxygen atoms in total. The van der Waals surface area contributed by atoms with Gasteiger partial charge in [0.1, 0.15) is 0 Å². The summed E-state index contributed by atoms with van der Waals surface area (Å²) >= 11 is 11.8. The van der Waals surface area contributed by atoms with Gasteiger partial charge < -0.3 is 5.32 Å². The molecule has 0 aromatic heterocycles. The van der Waals surface area contributed by atoms with E-state index in [1.54, 1.807) is 18.2 Å². The van der Waals surface area contributed by atoms with Crippen molar-refractivity contribution < 1.29 is 4.79 Å². The molecule has 2 aromatic carbocycles. The third-order valence-corrected chi connectivity index (χ3v) is 3.39. The third kappa shape index (κ3) is 3.98. The van der Waals surface area contributed by atoms with Gasteiger partial charge in [0.25, 0.3) is 0 Å². The number of carbonyl (C=O) groups excluding carboxylic acids is 1. The van der Waals surface area contributed by atoms with Gasteiger partial charge in [0, 0.05) is 15.7 Å². The molecular formula is C15H13Cl2NO. The first-order valence-electron chi connectivity index (χ1n) is 5.85. The maximum atomic E-state index is 11.9. The monoisotopic (exact) mass is 293 g/mol. The van der Waals surface area contributed by atoms with Gasteiger partial charge in [0.05, 0.1) is 6.42 Å². The summed E-state index contributed by atoms with van der Waals surface area (Å²) in [6.07, 6.45) is 0.308. The zero-order valence-corrected chi connectivity index (χ0v) is 11.9. The molecule has 1 amide bonds. The Bertz CT molecular complexity index is 594. The minimum absolute atomic E-state index is 0.0813. The Labute approximate surface area is 122 Å². The number of benzene rings is 2. The average Bonchev–Trinajstić information content (AvgIpc) is 2.37. The van der Waals surface area contributed by atoms with Crippen LogP contribution in [-0.2, 0) is 11.2 Å². The Morgan fingerprint density at radius 3 is 2.42 bits per heavy atom. The van der Waals surface area contributed by atoms with E-state index in [0.717, 1.165) is 11.1 Å². The highest BCUT2D eigenvalue weighted by atomic mass is 35.5. The largest absolute Gasteiger partial charge is 0.326 e. The minimum atomic E-state index is -0.0813. The zero-order valence-electron chi connectivity index (χ0n) is 10.4. The van der Waals surface area contributed by atoms with Crippen molar-refractivity contribution in [3.63, 3.8) is 0 Å². The molecule has 4 heteroatoms. The molecule has 0 heterocycles. The first-order valence-corrected chi connectivity index (χ1v) is 6.60. The maximum Gasteiger partial charge on any atom is 0.228 e. The number of anilines is 1. The molecule has 0 aliphatic rings. The van der Waals surface area contributed by atoms with Gasteiger partial charge in [-0.2, -0.15) is 0 Å². The highest BCUT2D eigenvalue weighted by Gasteiger charge is 2.05. The maximum absolute atomic E-state index is 11.9. The Kier molecular flexibility index (Phi) is 4.46. The molecule has 0 aliphatic heterocycles. The summed E-state index contributed by atoms with van der Waals surface area (Å²) in [6, 6.07) is 12.7. The van der Waals surface area contributed by atoms with E-state index in [2.05, 4.69) is 5.32 Å². The van der Waals surface area contributed by atoms with Crippen LogP contribution in [0.25, 0.3) is 0 Å². The summed E-state index contributed by atoms with van der Waals surface area (Å²) in [7, 11) is 0. The number of rotatable bonds is 3. The zero-order chi connectivity index (χ0) is 13.8. The SMILES string of the molecule is Cc1ccc(NC(=O)Cc2ccc(Cl)cc2)cc1Cl. The van der Waals surface area contributed by atoms with Crippen molar-refractivity contribution in [2.75, 3.05) is 5.32 Å². The predicted octanol–water partition coefficient (Wildman–Crippen LogP) is 4.48. The van der Waals surface area contributed by atoms with E-state index >= 15 is 0 Å². The molecule has 0 fully saturated rings. The molecule has 2 rings (SSSR count). The van der Waals surface area contributed by atoms with Crippen molar-refractivity contribution in [1.29, 1.82) is 0 Å². The van der Waals surface area contributed by atoms with Crippen LogP contribution < -0.4 is 5.32 Å². The predicted molar refractivity (Wildman–Crippen MR) is 80.0 cm³/mol. The van der Waals surface area contributed by atoms with E-state index in [0.29, 0.717) is 22.2 Å². The first kappa shape index (κ1) is 13.9. The Morgan fingerprint density at radius 1 is 1.11 bits per heavy atom. The molecule has 0 atom stereocenters. The molecule has 0 saturated carbocycles. The van der Waals surface area contributed by atoms with Gasteiger partial charge >= 0.3 is 0 Å². The van der Waals surface area contributed by atoms with E-state index in [1.807, 2.05) is 31.2 Å². The first-order chi connectivity index (χ1) is 9.04. The minimum Gasteiger partial charge on any atom is -0.326 e. The number of carbonyl (C=O) groups is 1. The summed E-state index contributed by atoms with van der Waals surface area (Å²) in [6.45, 7) is 1.92.